The lowest BCUT2D eigenvalue weighted by Gasteiger charge is -2.09. The number of amides is 2. The van der Waals surface area contributed by atoms with E-state index in [2.05, 4.69) is 10.6 Å². The third-order valence-electron chi connectivity index (χ3n) is 4.23. The van der Waals surface area contributed by atoms with Gasteiger partial charge in [0.25, 0.3) is 5.91 Å². The van der Waals surface area contributed by atoms with Crippen LogP contribution < -0.4 is 10.6 Å². The van der Waals surface area contributed by atoms with Crippen molar-refractivity contribution in [1.29, 1.82) is 0 Å². The molecule has 2 N–H and O–H groups in total. The van der Waals surface area contributed by atoms with Crippen LogP contribution in [0.1, 0.15) is 5.56 Å². The van der Waals surface area contributed by atoms with E-state index in [0.29, 0.717) is 6.07 Å². The zero-order valence-electron chi connectivity index (χ0n) is 15.8. The molecule has 0 radical (unpaired) electrons. The fraction of sp³-hybridized carbons (Fsp3) is 0.136. The Bertz CT molecular complexity index is 1100. The summed E-state index contributed by atoms with van der Waals surface area (Å²) in [5.41, 5.74) is 0.584. The Balaban J connectivity index is 1.44. The number of esters is 1. The van der Waals surface area contributed by atoms with Crippen LogP contribution in [0.3, 0.4) is 0 Å². The number of nitrogens with one attached hydrogen (secondary N) is 2. The van der Waals surface area contributed by atoms with Crippen LogP contribution >= 0.6 is 0 Å². The monoisotopic (exact) mass is 412 g/mol. The third kappa shape index (κ3) is 5.60. The standard InChI is InChI=1S/C22H18F2N2O4/c23-16-8-9-19(18(24)11-16)26-21(28)13-30-22(29)12-25-20(27)10-15-6-3-5-14-4-1-2-7-17(14)15/h1-9,11H,10,12-13H2,(H,25,27)(H,26,28). The molecule has 3 rings (SSSR count). The summed E-state index contributed by atoms with van der Waals surface area (Å²) in [6.07, 6.45) is 0.0823. The predicted molar refractivity (Wildman–Crippen MR) is 107 cm³/mol. The highest BCUT2D eigenvalue weighted by molar-refractivity contribution is 5.94. The lowest BCUT2D eigenvalue weighted by molar-refractivity contribution is -0.147. The molecule has 3 aromatic carbocycles. The van der Waals surface area contributed by atoms with Gasteiger partial charge in [0.2, 0.25) is 5.91 Å². The van der Waals surface area contributed by atoms with Gasteiger partial charge in [-0.15, -0.1) is 0 Å². The Kier molecular flexibility index (Phi) is 6.69. The molecule has 0 aromatic heterocycles. The van der Waals surface area contributed by atoms with Gasteiger partial charge in [-0.05, 0) is 28.5 Å². The molecule has 154 valence electrons. The highest BCUT2D eigenvalue weighted by Crippen LogP contribution is 2.18. The second kappa shape index (κ2) is 9.60. The van der Waals surface area contributed by atoms with Crippen molar-refractivity contribution in [1.82, 2.24) is 5.32 Å². The van der Waals surface area contributed by atoms with E-state index in [1.54, 1.807) is 0 Å². The summed E-state index contributed by atoms with van der Waals surface area (Å²) < 4.78 is 31.1. The summed E-state index contributed by atoms with van der Waals surface area (Å²) in [7, 11) is 0. The van der Waals surface area contributed by atoms with Crippen LogP contribution in [0, 0.1) is 11.6 Å². The van der Waals surface area contributed by atoms with Crippen LogP contribution in [0.4, 0.5) is 14.5 Å². The van der Waals surface area contributed by atoms with Crippen molar-refractivity contribution in [3.63, 3.8) is 0 Å². The number of rotatable bonds is 7. The molecule has 0 aliphatic rings. The second-order valence-corrected chi connectivity index (χ2v) is 6.42. The summed E-state index contributed by atoms with van der Waals surface area (Å²) in [4.78, 5) is 35.6. The largest absolute Gasteiger partial charge is 0.454 e. The average molecular weight is 412 g/mol. The molecule has 0 bridgehead atoms. The van der Waals surface area contributed by atoms with Gasteiger partial charge in [0, 0.05) is 6.07 Å². The van der Waals surface area contributed by atoms with Gasteiger partial charge in [-0.3, -0.25) is 14.4 Å². The van der Waals surface area contributed by atoms with Crippen molar-refractivity contribution in [3.05, 3.63) is 77.9 Å². The van der Waals surface area contributed by atoms with Crippen LogP contribution in [-0.2, 0) is 25.5 Å². The number of carbonyl (C=O) groups is 3. The molecular formula is C22H18F2N2O4. The molecule has 0 unspecified atom stereocenters. The van der Waals surface area contributed by atoms with Crippen LogP contribution in [0.2, 0.25) is 0 Å². The Hall–Kier alpha value is -3.81. The van der Waals surface area contributed by atoms with Gasteiger partial charge in [0.05, 0.1) is 12.1 Å². The zero-order chi connectivity index (χ0) is 21.5. The number of carbonyl (C=O) groups excluding carboxylic acids is 3. The summed E-state index contributed by atoms with van der Waals surface area (Å²) in [6, 6.07) is 15.9. The predicted octanol–water partition coefficient (Wildman–Crippen LogP) is 2.96. The average Bonchev–Trinajstić information content (AvgIpc) is 2.73. The highest BCUT2D eigenvalue weighted by atomic mass is 19.1. The third-order valence-corrected chi connectivity index (χ3v) is 4.23. The molecule has 0 atom stereocenters. The lowest BCUT2D eigenvalue weighted by Crippen LogP contribution is -2.33. The first-order valence-electron chi connectivity index (χ1n) is 9.06. The molecule has 2 amide bonds. The van der Waals surface area contributed by atoms with E-state index in [9.17, 15) is 23.2 Å². The zero-order valence-corrected chi connectivity index (χ0v) is 15.8. The molecule has 0 aliphatic carbocycles. The first-order valence-corrected chi connectivity index (χ1v) is 9.06. The molecule has 0 heterocycles. The van der Waals surface area contributed by atoms with Crippen molar-refractivity contribution in [2.75, 3.05) is 18.5 Å². The van der Waals surface area contributed by atoms with Gasteiger partial charge in [-0.2, -0.15) is 0 Å². The topological polar surface area (TPSA) is 84.5 Å². The number of hydrogen-bond acceptors (Lipinski definition) is 4. The molecule has 0 fully saturated rings. The Morgan fingerprint density at radius 3 is 2.47 bits per heavy atom. The summed E-state index contributed by atoms with van der Waals surface area (Å²) >= 11 is 0. The van der Waals surface area contributed by atoms with E-state index < -0.39 is 36.7 Å². The number of hydrogen-bond donors (Lipinski definition) is 2. The van der Waals surface area contributed by atoms with Gasteiger partial charge in [-0.25, -0.2) is 8.78 Å². The smallest absolute Gasteiger partial charge is 0.325 e. The van der Waals surface area contributed by atoms with Gasteiger partial charge in [-0.1, -0.05) is 42.5 Å². The van der Waals surface area contributed by atoms with Crippen molar-refractivity contribution < 1.29 is 27.9 Å². The molecule has 0 saturated carbocycles. The van der Waals surface area contributed by atoms with Crippen LogP contribution in [0.25, 0.3) is 10.8 Å². The first-order chi connectivity index (χ1) is 14.4. The van der Waals surface area contributed by atoms with Crippen LogP contribution in [0.15, 0.2) is 60.7 Å². The number of halogens is 2. The van der Waals surface area contributed by atoms with Crippen LogP contribution in [-0.4, -0.2) is 30.9 Å². The highest BCUT2D eigenvalue weighted by Gasteiger charge is 2.13. The fourth-order valence-corrected chi connectivity index (χ4v) is 2.83. The van der Waals surface area contributed by atoms with E-state index in [4.69, 9.17) is 4.74 Å². The molecule has 6 nitrogen and oxygen atoms in total. The molecule has 8 heteroatoms. The van der Waals surface area contributed by atoms with E-state index in [1.807, 2.05) is 42.5 Å². The van der Waals surface area contributed by atoms with Gasteiger partial charge in [0.1, 0.15) is 18.2 Å². The molecule has 30 heavy (non-hydrogen) atoms. The molecule has 0 aliphatic heterocycles. The fourth-order valence-electron chi connectivity index (χ4n) is 2.83. The summed E-state index contributed by atoms with van der Waals surface area (Å²) in [6.45, 7) is -1.09. The second-order valence-electron chi connectivity index (χ2n) is 6.42. The Morgan fingerprint density at radius 2 is 1.67 bits per heavy atom. The van der Waals surface area contributed by atoms with Crippen molar-refractivity contribution in [2.24, 2.45) is 0 Å². The van der Waals surface area contributed by atoms with E-state index in [-0.39, 0.29) is 18.0 Å². The maximum atomic E-state index is 13.5. The number of ether oxygens (including phenoxy) is 1. The Morgan fingerprint density at radius 1 is 0.900 bits per heavy atom. The quantitative estimate of drug-likeness (QED) is 0.585. The molecular weight excluding hydrogens is 394 g/mol. The van der Waals surface area contributed by atoms with Crippen molar-refractivity contribution in [3.8, 4) is 0 Å². The molecule has 3 aromatic rings. The number of fused-ring (bicyclic) bond motifs is 1. The van der Waals surface area contributed by atoms with Gasteiger partial charge in [0.15, 0.2) is 6.61 Å². The lowest BCUT2D eigenvalue weighted by atomic mass is 10.0. The normalized spacial score (nSPS) is 10.5. The van der Waals surface area contributed by atoms with Gasteiger partial charge >= 0.3 is 5.97 Å². The van der Waals surface area contributed by atoms with Crippen molar-refractivity contribution >= 4 is 34.2 Å². The summed E-state index contributed by atoms with van der Waals surface area (Å²) in [5.74, 6) is -3.72. The Labute approximate surface area is 170 Å². The van der Waals surface area contributed by atoms with E-state index >= 15 is 0 Å². The van der Waals surface area contributed by atoms with Gasteiger partial charge < -0.3 is 15.4 Å². The van der Waals surface area contributed by atoms with E-state index in [0.717, 1.165) is 28.5 Å². The van der Waals surface area contributed by atoms with Crippen LogP contribution in [0.5, 0.6) is 0 Å². The molecule has 0 spiro atoms. The first kappa shape index (κ1) is 20.9. The number of anilines is 1. The number of benzene rings is 3. The minimum absolute atomic E-state index is 0.0823. The maximum absolute atomic E-state index is 13.5. The summed E-state index contributed by atoms with van der Waals surface area (Å²) in [5, 5.41) is 6.55. The van der Waals surface area contributed by atoms with Crippen molar-refractivity contribution in [2.45, 2.75) is 6.42 Å². The maximum Gasteiger partial charge on any atom is 0.325 e. The minimum Gasteiger partial charge on any atom is -0.454 e. The molecule has 0 saturated heterocycles. The SMILES string of the molecule is O=C(Cc1cccc2ccccc12)NCC(=O)OCC(=O)Nc1ccc(F)cc1F. The minimum atomic E-state index is -0.949. The van der Waals surface area contributed by atoms with E-state index in [1.165, 1.54) is 0 Å².